The number of hydrogen-bond donors (Lipinski definition) is 1. The number of benzene rings is 1. The van der Waals surface area contributed by atoms with Gasteiger partial charge in [0.2, 0.25) is 0 Å². The summed E-state index contributed by atoms with van der Waals surface area (Å²) in [7, 11) is 0. The minimum absolute atomic E-state index is 0.0981. The Kier molecular flexibility index (Phi) is 3.60. The lowest BCUT2D eigenvalue weighted by atomic mass is 10.2. The lowest BCUT2D eigenvalue weighted by Gasteiger charge is -2.09. The summed E-state index contributed by atoms with van der Waals surface area (Å²) in [5.41, 5.74) is 1.69. The number of halogens is 2. The van der Waals surface area contributed by atoms with E-state index in [1.54, 1.807) is 4.68 Å². The second-order valence-corrected chi connectivity index (χ2v) is 4.04. The predicted octanol–water partition coefficient (Wildman–Crippen LogP) is 3.10. The maximum Gasteiger partial charge on any atom is 0.149 e. The quantitative estimate of drug-likeness (QED) is 0.904. The molecule has 0 unspecified atom stereocenters. The zero-order valence-corrected chi connectivity index (χ0v) is 10.4. The Morgan fingerprint density at radius 1 is 1.28 bits per heavy atom. The normalized spacial score (nSPS) is 10.7. The number of aromatic nitrogens is 2. The Labute approximate surface area is 104 Å². The first kappa shape index (κ1) is 12.5. The molecule has 1 heterocycles. The lowest BCUT2D eigenvalue weighted by Crippen LogP contribution is -2.09. The molecule has 0 aliphatic heterocycles. The minimum atomic E-state index is -0.589. The summed E-state index contributed by atoms with van der Waals surface area (Å²) in [5.74, 6) is -1.18. The van der Waals surface area contributed by atoms with Crippen LogP contribution in [-0.2, 0) is 13.1 Å². The van der Waals surface area contributed by atoms with E-state index in [0.29, 0.717) is 6.54 Å². The summed E-state index contributed by atoms with van der Waals surface area (Å²) < 4.78 is 28.6. The highest BCUT2D eigenvalue weighted by Gasteiger charge is 2.09. The van der Waals surface area contributed by atoms with Gasteiger partial charge in [-0.1, -0.05) is 6.07 Å². The van der Waals surface area contributed by atoms with Crippen molar-refractivity contribution in [3.63, 3.8) is 0 Å². The first-order valence-corrected chi connectivity index (χ1v) is 5.83. The molecule has 0 aliphatic rings. The lowest BCUT2D eigenvalue weighted by molar-refractivity contribution is 0.584. The summed E-state index contributed by atoms with van der Waals surface area (Å²) in [6, 6.07) is 5.70. The van der Waals surface area contributed by atoms with Crippen molar-refractivity contribution in [3.05, 3.63) is 47.3 Å². The summed E-state index contributed by atoms with van der Waals surface area (Å²) >= 11 is 0. The predicted molar refractivity (Wildman–Crippen MR) is 66.3 cm³/mol. The average Bonchev–Trinajstić information content (AvgIpc) is 2.69. The Morgan fingerprint density at radius 3 is 2.56 bits per heavy atom. The van der Waals surface area contributed by atoms with Crippen LogP contribution in [0.25, 0.3) is 0 Å². The van der Waals surface area contributed by atoms with Gasteiger partial charge in [0.1, 0.15) is 17.3 Å². The van der Waals surface area contributed by atoms with E-state index in [0.717, 1.165) is 17.9 Å². The molecule has 0 radical (unpaired) electrons. The zero-order valence-electron chi connectivity index (χ0n) is 10.4. The van der Waals surface area contributed by atoms with E-state index in [1.807, 2.05) is 19.9 Å². The molecular weight excluding hydrogens is 236 g/mol. The molecular formula is C13H15F2N3. The molecule has 3 nitrogen and oxygen atoms in total. The fraction of sp³-hybridized carbons (Fsp3) is 0.308. The van der Waals surface area contributed by atoms with Crippen LogP contribution in [-0.4, -0.2) is 9.78 Å². The van der Waals surface area contributed by atoms with E-state index < -0.39 is 11.6 Å². The van der Waals surface area contributed by atoms with Crippen molar-refractivity contribution in [1.82, 2.24) is 9.78 Å². The molecule has 0 amide bonds. The maximum absolute atomic E-state index is 13.4. The maximum atomic E-state index is 13.4. The number of rotatable bonds is 4. The molecule has 96 valence electrons. The molecule has 0 aliphatic carbocycles. The molecule has 0 spiro atoms. The van der Waals surface area contributed by atoms with Gasteiger partial charge >= 0.3 is 0 Å². The van der Waals surface area contributed by atoms with Crippen molar-refractivity contribution >= 4 is 5.69 Å². The number of nitrogens with one attached hydrogen (secondary N) is 1. The van der Waals surface area contributed by atoms with Crippen LogP contribution in [0.5, 0.6) is 0 Å². The van der Waals surface area contributed by atoms with Gasteiger partial charge in [-0.25, -0.2) is 8.78 Å². The Bertz CT molecular complexity index is 529. The van der Waals surface area contributed by atoms with Crippen molar-refractivity contribution in [1.29, 1.82) is 0 Å². The topological polar surface area (TPSA) is 29.9 Å². The molecule has 0 saturated carbocycles. The van der Waals surface area contributed by atoms with Crippen molar-refractivity contribution in [3.8, 4) is 0 Å². The summed E-state index contributed by atoms with van der Waals surface area (Å²) in [5, 5.41) is 7.05. The number of hydrogen-bond acceptors (Lipinski definition) is 2. The van der Waals surface area contributed by atoms with Gasteiger partial charge in [0.15, 0.2) is 0 Å². The van der Waals surface area contributed by atoms with Gasteiger partial charge in [-0.2, -0.15) is 5.10 Å². The Hall–Kier alpha value is -1.91. The monoisotopic (exact) mass is 251 g/mol. The molecule has 0 fully saturated rings. The average molecular weight is 251 g/mol. The number of nitrogens with zero attached hydrogens (tertiary/aromatic N) is 2. The Balaban J connectivity index is 2.16. The SMILES string of the molecule is CCn1nc(C)cc1CNc1c(F)cccc1F. The van der Waals surface area contributed by atoms with Crippen molar-refractivity contribution < 1.29 is 8.78 Å². The van der Waals surface area contributed by atoms with E-state index in [1.165, 1.54) is 18.2 Å². The molecule has 0 bridgehead atoms. The molecule has 1 aromatic carbocycles. The van der Waals surface area contributed by atoms with Gasteiger partial charge in [-0.3, -0.25) is 4.68 Å². The van der Waals surface area contributed by atoms with Gasteiger partial charge in [-0.05, 0) is 32.0 Å². The van der Waals surface area contributed by atoms with Crippen molar-refractivity contribution in [2.45, 2.75) is 26.9 Å². The third-order valence-electron chi connectivity index (χ3n) is 2.69. The van der Waals surface area contributed by atoms with Gasteiger partial charge in [0.25, 0.3) is 0 Å². The highest BCUT2D eigenvalue weighted by molar-refractivity contribution is 5.46. The van der Waals surface area contributed by atoms with Crippen LogP contribution in [0.4, 0.5) is 14.5 Å². The van der Waals surface area contributed by atoms with Crippen LogP contribution >= 0.6 is 0 Å². The first-order valence-electron chi connectivity index (χ1n) is 5.83. The number of para-hydroxylation sites is 1. The van der Waals surface area contributed by atoms with Crippen LogP contribution in [0.3, 0.4) is 0 Å². The number of anilines is 1. The summed E-state index contributed by atoms with van der Waals surface area (Å²) in [6.45, 7) is 4.93. The minimum Gasteiger partial charge on any atom is -0.375 e. The van der Waals surface area contributed by atoms with Gasteiger partial charge in [0.05, 0.1) is 17.9 Å². The highest BCUT2D eigenvalue weighted by atomic mass is 19.1. The largest absolute Gasteiger partial charge is 0.375 e. The third-order valence-corrected chi connectivity index (χ3v) is 2.69. The van der Waals surface area contributed by atoms with E-state index in [2.05, 4.69) is 10.4 Å². The van der Waals surface area contributed by atoms with Crippen molar-refractivity contribution in [2.24, 2.45) is 0 Å². The van der Waals surface area contributed by atoms with Crippen LogP contribution in [0, 0.1) is 18.6 Å². The molecule has 18 heavy (non-hydrogen) atoms. The summed E-state index contributed by atoms with van der Waals surface area (Å²) in [6.07, 6.45) is 0. The molecule has 0 saturated heterocycles. The van der Waals surface area contributed by atoms with Gasteiger partial charge in [-0.15, -0.1) is 0 Å². The second-order valence-electron chi connectivity index (χ2n) is 4.04. The van der Waals surface area contributed by atoms with E-state index in [-0.39, 0.29) is 5.69 Å². The molecule has 2 rings (SSSR count). The molecule has 0 atom stereocenters. The number of aryl methyl sites for hydroxylation is 2. The van der Waals surface area contributed by atoms with Gasteiger partial charge < -0.3 is 5.32 Å². The molecule has 5 heteroatoms. The summed E-state index contributed by atoms with van der Waals surface area (Å²) in [4.78, 5) is 0. The fourth-order valence-corrected chi connectivity index (χ4v) is 1.86. The van der Waals surface area contributed by atoms with Crippen LogP contribution in [0.1, 0.15) is 18.3 Å². The zero-order chi connectivity index (χ0) is 13.1. The standard InChI is InChI=1S/C13H15F2N3/c1-3-18-10(7-9(2)17-18)8-16-13-11(14)5-4-6-12(13)15/h4-7,16H,3,8H2,1-2H3. The Morgan fingerprint density at radius 2 is 1.94 bits per heavy atom. The van der Waals surface area contributed by atoms with E-state index >= 15 is 0 Å². The van der Waals surface area contributed by atoms with Crippen LogP contribution < -0.4 is 5.32 Å². The molecule has 1 N–H and O–H groups in total. The fourth-order valence-electron chi connectivity index (χ4n) is 1.86. The van der Waals surface area contributed by atoms with Crippen molar-refractivity contribution in [2.75, 3.05) is 5.32 Å². The van der Waals surface area contributed by atoms with Gasteiger partial charge in [0, 0.05) is 6.54 Å². The van der Waals surface area contributed by atoms with E-state index in [9.17, 15) is 8.78 Å². The first-order chi connectivity index (χ1) is 8.61. The highest BCUT2D eigenvalue weighted by Crippen LogP contribution is 2.19. The third kappa shape index (κ3) is 2.50. The van der Waals surface area contributed by atoms with Crippen LogP contribution in [0.15, 0.2) is 24.3 Å². The smallest absolute Gasteiger partial charge is 0.149 e. The second kappa shape index (κ2) is 5.16. The molecule has 1 aromatic heterocycles. The van der Waals surface area contributed by atoms with Crippen LogP contribution in [0.2, 0.25) is 0 Å². The molecule has 2 aromatic rings. The van der Waals surface area contributed by atoms with E-state index in [4.69, 9.17) is 0 Å².